The molecule has 0 amide bonds. The van der Waals surface area contributed by atoms with Gasteiger partial charge in [-0.1, -0.05) is 6.07 Å². The molecule has 1 aromatic rings. The van der Waals surface area contributed by atoms with E-state index in [4.69, 9.17) is 4.74 Å². The first-order valence-corrected chi connectivity index (χ1v) is 6.93. The molecule has 0 aliphatic carbocycles. The fourth-order valence-electron chi connectivity index (χ4n) is 2.54. The quantitative estimate of drug-likeness (QED) is 0.796. The van der Waals surface area contributed by atoms with Gasteiger partial charge in [0.2, 0.25) is 0 Å². The molecule has 0 aromatic heterocycles. The van der Waals surface area contributed by atoms with Crippen molar-refractivity contribution in [2.75, 3.05) is 19.7 Å². The SMILES string of the molecule is CCOC(=O)[C@H]1CCCN(Cc2ccc(F)cc2F)C1. The number of hydrogen-bond acceptors (Lipinski definition) is 3. The van der Waals surface area contributed by atoms with Gasteiger partial charge in [0.1, 0.15) is 11.6 Å². The average Bonchev–Trinajstić information content (AvgIpc) is 2.43. The summed E-state index contributed by atoms with van der Waals surface area (Å²) in [5.74, 6) is -1.44. The summed E-state index contributed by atoms with van der Waals surface area (Å²) in [5.41, 5.74) is 0.455. The Bertz CT molecular complexity index is 479. The normalized spacial score (nSPS) is 19.9. The van der Waals surface area contributed by atoms with Crippen LogP contribution in [0.3, 0.4) is 0 Å². The average molecular weight is 283 g/mol. The molecule has 20 heavy (non-hydrogen) atoms. The first-order valence-electron chi connectivity index (χ1n) is 6.93. The number of nitrogens with zero attached hydrogens (tertiary/aromatic N) is 1. The summed E-state index contributed by atoms with van der Waals surface area (Å²) >= 11 is 0. The molecular weight excluding hydrogens is 264 g/mol. The molecule has 0 radical (unpaired) electrons. The summed E-state index contributed by atoms with van der Waals surface area (Å²) in [6.07, 6.45) is 1.69. The Labute approximate surface area is 117 Å². The molecule has 0 saturated carbocycles. The van der Waals surface area contributed by atoms with Crippen LogP contribution >= 0.6 is 0 Å². The van der Waals surface area contributed by atoms with Gasteiger partial charge >= 0.3 is 5.97 Å². The van der Waals surface area contributed by atoms with E-state index in [0.29, 0.717) is 25.3 Å². The summed E-state index contributed by atoms with van der Waals surface area (Å²) in [5, 5.41) is 0. The summed E-state index contributed by atoms with van der Waals surface area (Å²) in [7, 11) is 0. The highest BCUT2D eigenvalue weighted by molar-refractivity contribution is 5.72. The van der Waals surface area contributed by atoms with Crippen molar-refractivity contribution < 1.29 is 18.3 Å². The number of piperidine rings is 1. The largest absolute Gasteiger partial charge is 0.466 e. The highest BCUT2D eigenvalue weighted by atomic mass is 19.1. The van der Waals surface area contributed by atoms with Crippen LogP contribution in [0, 0.1) is 17.6 Å². The van der Waals surface area contributed by atoms with E-state index in [-0.39, 0.29) is 11.9 Å². The number of likely N-dealkylation sites (tertiary alicyclic amines) is 1. The van der Waals surface area contributed by atoms with Crippen LogP contribution in [-0.4, -0.2) is 30.6 Å². The third-order valence-corrected chi connectivity index (χ3v) is 3.53. The summed E-state index contributed by atoms with van der Waals surface area (Å²) in [6.45, 7) is 3.93. The molecule has 1 aromatic carbocycles. The Hall–Kier alpha value is -1.49. The first kappa shape index (κ1) is 14.9. The molecule has 5 heteroatoms. The molecule has 1 heterocycles. The molecule has 1 fully saturated rings. The minimum Gasteiger partial charge on any atom is -0.466 e. The molecule has 110 valence electrons. The van der Waals surface area contributed by atoms with Crippen LogP contribution in [0.15, 0.2) is 18.2 Å². The summed E-state index contributed by atoms with van der Waals surface area (Å²) < 4.78 is 31.5. The lowest BCUT2D eigenvalue weighted by atomic mass is 9.97. The lowest BCUT2D eigenvalue weighted by Crippen LogP contribution is -2.39. The van der Waals surface area contributed by atoms with Crippen LogP contribution < -0.4 is 0 Å². The van der Waals surface area contributed by atoms with Gasteiger partial charge in [0.05, 0.1) is 12.5 Å². The van der Waals surface area contributed by atoms with Crippen LogP contribution in [0.2, 0.25) is 0 Å². The summed E-state index contributed by atoms with van der Waals surface area (Å²) in [6, 6.07) is 3.60. The molecular formula is C15H19F2NO2. The van der Waals surface area contributed by atoms with Gasteiger partial charge < -0.3 is 4.74 Å². The Kier molecular flexibility index (Phi) is 5.06. The molecule has 2 rings (SSSR count). The second-order valence-electron chi connectivity index (χ2n) is 5.06. The molecule has 0 bridgehead atoms. The molecule has 1 aliphatic heterocycles. The Morgan fingerprint density at radius 2 is 2.25 bits per heavy atom. The van der Waals surface area contributed by atoms with Crippen molar-refractivity contribution in [2.45, 2.75) is 26.3 Å². The van der Waals surface area contributed by atoms with E-state index >= 15 is 0 Å². The number of benzene rings is 1. The maximum atomic E-state index is 13.6. The van der Waals surface area contributed by atoms with Crippen molar-refractivity contribution in [2.24, 2.45) is 5.92 Å². The topological polar surface area (TPSA) is 29.5 Å². The van der Waals surface area contributed by atoms with E-state index in [1.807, 2.05) is 4.90 Å². The predicted octanol–water partition coefficient (Wildman–Crippen LogP) is 2.74. The zero-order chi connectivity index (χ0) is 14.5. The second-order valence-corrected chi connectivity index (χ2v) is 5.06. The van der Waals surface area contributed by atoms with Crippen molar-refractivity contribution in [1.82, 2.24) is 4.90 Å². The highest BCUT2D eigenvalue weighted by Crippen LogP contribution is 2.21. The van der Waals surface area contributed by atoms with Gasteiger partial charge in [0, 0.05) is 24.7 Å². The Balaban J connectivity index is 1.97. The van der Waals surface area contributed by atoms with Crippen LogP contribution in [0.1, 0.15) is 25.3 Å². The molecule has 0 spiro atoms. The van der Waals surface area contributed by atoms with Gasteiger partial charge in [0.25, 0.3) is 0 Å². The van der Waals surface area contributed by atoms with Crippen LogP contribution in [0.5, 0.6) is 0 Å². The van der Waals surface area contributed by atoms with Crippen molar-refractivity contribution in [3.8, 4) is 0 Å². The highest BCUT2D eigenvalue weighted by Gasteiger charge is 2.27. The van der Waals surface area contributed by atoms with E-state index in [1.54, 1.807) is 6.92 Å². The van der Waals surface area contributed by atoms with Crippen molar-refractivity contribution in [3.05, 3.63) is 35.4 Å². The number of halogens is 2. The van der Waals surface area contributed by atoms with Crippen molar-refractivity contribution in [1.29, 1.82) is 0 Å². The first-order chi connectivity index (χ1) is 9.60. The van der Waals surface area contributed by atoms with Crippen LogP contribution in [0.25, 0.3) is 0 Å². The number of ether oxygens (including phenoxy) is 1. The summed E-state index contributed by atoms with van der Waals surface area (Å²) in [4.78, 5) is 13.8. The zero-order valence-corrected chi connectivity index (χ0v) is 11.6. The van der Waals surface area contributed by atoms with Gasteiger partial charge in [-0.2, -0.15) is 0 Å². The fraction of sp³-hybridized carbons (Fsp3) is 0.533. The van der Waals surface area contributed by atoms with E-state index in [1.165, 1.54) is 12.1 Å². The third-order valence-electron chi connectivity index (χ3n) is 3.53. The minimum atomic E-state index is -0.575. The molecule has 1 atom stereocenters. The van der Waals surface area contributed by atoms with Crippen molar-refractivity contribution >= 4 is 5.97 Å². The second kappa shape index (κ2) is 6.79. The maximum absolute atomic E-state index is 13.6. The van der Waals surface area contributed by atoms with E-state index < -0.39 is 11.6 Å². The predicted molar refractivity (Wildman–Crippen MR) is 71.0 cm³/mol. The number of hydrogen-bond donors (Lipinski definition) is 0. The molecule has 3 nitrogen and oxygen atoms in total. The maximum Gasteiger partial charge on any atom is 0.310 e. The minimum absolute atomic E-state index is 0.146. The Morgan fingerprint density at radius 3 is 2.95 bits per heavy atom. The van der Waals surface area contributed by atoms with E-state index in [2.05, 4.69) is 0 Å². The molecule has 0 unspecified atom stereocenters. The molecule has 0 N–H and O–H groups in total. The van der Waals surface area contributed by atoms with Crippen LogP contribution in [0.4, 0.5) is 8.78 Å². The fourth-order valence-corrected chi connectivity index (χ4v) is 2.54. The van der Waals surface area contributed by atoms with Gasteiger partial charge in [-0.3, -0.25) is 9.69 Å². The zero-order valence-electron chi connectivity index (χ0n) is 11.6. The number of carbonyl (C=O) groups excluding carboxylic acids is 1. The van der Waals surface area contributed by atoms with Gasteiger partial charge in [-0.25, -0.2) is 8.78 Å². The smallest absolute Gasteiger partial charge is 0.310 e. The van der Waals surface area contributed by atoms with E-state index in [9.17, 15) is 13.6 Å². The monoisotopic (exact) mass is 283 g/mol. The molecule has 1 aliphatic rings. The van der Waals surface area contributed by atoms with Gasteiger partial charge in [0.15, 0.2) is 0 Å². The lowest BCUT2D eigenvalue weighted by Gasteiger charge is -2.31. The lowest BCUT2D eigenvalue weighted by molar-refractivity contribution is -0.150. The molecule has 1 saturated heterocycles. The standard InChI is InChI=1S/C15H19F2NO2/c1-2-20-15(19)12-4-3-7-18(10-12)9-11-5-6-13(16)8-14(11)17/h5-6,8,12H,2-4,7,9-10H2,1H3/t12-/m0/s1. The van der Waals surface area contributed by atoms with E-state index in [0.717, 1.165) is 25.5 Å². The third kappa shape index (κ3) is 3.76. The van der Waals surface area contributed by atoms with Crippen LogP contribution in [-0.2, 0) is 16.1 Å². The number of esters is 1. The number of rotatable bonds is 4. The van der Waals surface area contributed by atoms with Crippen molar-refractivity contribution in [3.63, 3.8) is 0 Å². The number of carbonyl (C=O) groups is 1. The van der Waals surface area contributed by atoms with Gasteiger partial charge in [-0.05, 0) is 32.4 Å². The van der Waals surface area contributed by atoms with Gasteiger partial charge in [-0.15, -0.1) is 0 Å². The Morgan fingerprint density at radius 1 is 1.45 bits per heavy atom.